The van der Waals surface area contributed by atoms with E-state index in [1.54, 1.807) is 12.2 Å². The number of methoxy groups -OCH3 is 1. The molecule has 130 valence electrons. The number of fused-ring (bicyclic) bond motifs is 3. The van der Waals surface area contributed by atoms with Crippen molar-refractivity contribution in [3.63, 3.8) is 0 Å². The number of ether oxygens (including phenoxy) is 3. The largest absolute Gasteiger partial charge is 0.493 e. The monoisotopic (exact) mass is 340 g/mol. The summed E-state index contributed by atoms with van der Waals surface area (Å²) in [7, 11) is 1.47. The summed E-state index contributed by atoms with van der Waals surface area (Å²) in [6.07, 6.45) is 3.95. The fraction of sp³-hybridized carbons (Fsp3) is 0.400. The summed E-state index contributed by atoms with van der Waals surface area (Å²) in [4.78, 5) is 26.0. The lowest BCUT2D eigenvalue weighted by Crippen LogP contribution is -2.38. The van der Waals surface area contributed by atoms with Gasteiger partial charge in [-0.2, -0.15) is 0 Å². The first-order chi connectivity index (χ1) is 12.0. The number of allylic oxidation sites excluding steroid dienone is 3. The second kappa shape index (κ2) is 5.48. The van der Waals surface area contributed by atoms with Crippen molar-refractivity contribution in [1.82, 2.24) is 0 Å². The molecule has 1 aliphatic heterocycles. The Hall–Kier alpha value is -2.56. The predicted octanol–water partition coefficient (Wildman–Crippen LogP) is 3.01. The first-order valence-corrected chi connectivity index (χ1v) is 8.39. The molecule has 4 rings (SSSR count). The smallest absolute Gasteiger partial charge is 0.231 e. The van der Waals surface area contributed by atoms with Crippen LogP contribution in [0.15, 0.2) is 42.7 Å². The third-order valence-corrected chi connectivity index (χ3v) is 5.85. The Morgan fingerprint density at radius 1 is 1.32 bits per heavy atom. The standard InChI is InChI=1S/C20H20O5/c1-4-7-20-9-15(23-3)18(21)17(19(20)22)16(11(20)2)12-5-6-13-14(8-12)25-10-24-13/h4-6,8-9,11,16-17H,1,7,10H2,2-3H3/t11?,16?,17-,20+/m1/s1. The van der Waals surface area contributed by atoms with Gasteiger partial charge in [-0.1, -0.05) is 19.1 Å². The van der Waals surface area contributed by atoms with E-state index in [0.29, 0.717) is 17.9 Å². The zero-order valence-corrected chi connectivity index (χ0v) is 14.3. The van der Waals surface area contributed by atoms with Crippen LogP contribution in [0.4, 0.5) is 0 Å². The molecule has 0 aromatic heterocycles. The maximum atomic E-state index is 13.2. The number of hydrogen-bond acceptors (Lipinski definition) is 5. The summed E-state index contributed by atoms with van der Waals surface area (Å²) in [6.45, 7) is 6.02. The molecule has 1 heterocycles. The van der Waals surface area contributed by atoms with E-state index in [1.165, 1.54) is 7.11 Å². The van der Waals surface area contributed by atoms with Crippen LogP contribution in [0.1, 0.15) is 24.8 Å². The van der Waals surface area contributed by atoms with Crippen molar-refractivity contribution in [2.45, 2.75) is 19.3 Å². The van der Waals surface area contributed by atoms with Gasteiger partial charge in [0.15, 0.2) is 23.0 Å². The van der Waals surface area contributed by atoms with Crippen LogP contribution in [0.3, 0.4) is 0 Å². The van der Waals surface area contributed by atoms with Crippen LogP contribution in [0, 0.1) is 17.3 Å². The van der Waals surface area contributed by atoms with Crippen molar-refractivity contribution in [2.75, 3.05) is 13.9 Å². The highest BCUT2D eigenvalue weighted by molar-refractivity contribution is 6.17. The molecule has 4 atom stereocenters. The minimum Gasteiger partial charge on any atom is -0.493 e. The van der Waals surface area contributed by atoms with Crippen LogP contribution in [-0.4, -0.2) is 25.5 Å². The van der Waals surface area contributed by atoms with Gasteiger partial charge in [-0.25, -0.2) is 0 Å². The molecule has 1 aromatic rings. The average molecular weight is 340 g/mol. The second-order valence-electron chi connectivity index (χ2n) is 6.88. The van der Waals surface area contributed by atoms with E-state index >= 15 is 0 Å². The van der Waals surface area contributed by atoms with Crippen molar-refractivity contribution in [1.29, 1.82) is 0 Å². The molecule has 3 aliphatic rings. The van der Waals surface area contributed by atoms with Crippen molar-refractivity contribution in [3.05, 3.63) is 48.3 Å². The van der Waals surface area contributed by atoms with E-state index in [4.69, 9.17) is 14.2 Å². The molecule has 2 aliphatic carbocycles. The number of carbonyl (C=O) groups excluding carboxylic acids is 2. The Kier molecular flexibility index (Phi) is 3.49. The molecule has 1 fully saturated rings. The number of hydrogen-bond donors (Lipinski definition) is 0. The van der Waals surface area contributed by atoms with E-state index in [-0.39, 0.29) is 36.0 Å². The fourth-order valence-corrected chi connectivity index (χ4v) is 4.57. The molecular weight excluding hydrogens is 320 g/mol. The second-order valence-corrected chi connectivity index (χ2v) is 6.88. The van der Waals surface area contributed by atoms with Crippen LogP contribution >= 0.6 is 0 Å². The molecule has 25 heavy (non-hydrogen) atoms. The van der Waals surface area contributed by atoms with Gasteiger partial charge in [-0.15, -0.1) is 6.58 Å². The Balaban J connectivity index is 1.84. The van der Waals surface area contributed by atoms with Crippen LogP contribution in [0.5, 0.6) is 11.5 Å². The quantitative estimate of drug-likeness (QED) is 0.623. The van der Waals surface area contributed by atoms with Crippen LogP contribution < -0.4 is 9.47 Å². The molecule has 2 unspecified atom stereocenters. The molecule has 0 saturated heterocycles. The minimum atomic E-state index is -0.743. The molecule has 0 amide bonds. The van der Waals surface area contributed by atoms with E-state index < -0.39 is 11.3 Å². The highest BCUT2D eigenvalue weighted by atomic mass is 16.7. The maximum Gasteiger partial charge on any atom is 0.231 e. The molecule has 0 radical (unpaired) electrons. The molecular formula is C20H20O5. The zero-order chi connectivity index (χ0) is 17.8. The molecule has 5 heteroatoms. The lowest BCUT2D eigenvalue weighted by Gasteiger charge is -2.31. The lowest BCUT2D eigenvalue weighted by molar-refractivity contribution is -0.136. The Morgan fingerprint density at radius 2 is 2.08 bits per heavy atom. The van der Waals surface area contributed by atoms with Gasteiger partial charge < -0.3 is 14.2 Å². The molecule has 0 spiro atoms. The van der Waals surface area contributed by atoms with Gasteiger partial charge in [0.1, 0.15) is 0 Å². The number of benzene rings is 1. The first-order valence-electron chi connectivity index (χ1n) is 8.39. The number of ketones is 2. The highest BCUT2D eigenvalue weighted by Crippen LogP contribution is 2.59. The molecule has 1 saturated carbocycles. The highest BCUT2D eigenvalue weighted by Gasteiger charge is 2.62. The van der Waals surface area contributed by atoms with Gasteiger partial charge in [-0.05, 0) is 36.1 Å². The summed E-state index contributed by atoms with van der Waals surface area (Å²) in [5.74, 6) is 0.345. The average Bonchev–Trinajstić information content (AvgIpc) is 3.13. The van der Waals surface area contributed by atoms with Crippen LogP contribution in [-0.2, 0) is 14.3 Å². The summed E-state index contributed by atoms with van der Waals surface area (Å²) in [6, 6.07) is 5.65. The third kappa shape index (κ3) is 2.01. The zero-order valence-electron chi connectivity index (χ0n) is 14.3. The van der Waals surface area contributed by atoms with E-state index in [0.717, 1.165) is 5.56 Å². The van der Waals surface area contributed by atoms with Gasteiger partial charge in [0.05, 0.1) is 18.4 Å². The van der Waals surface area contributed by atoms with Gasteiger partial charge >= 0.3 is 0 Å². The molecule has 2 bridgehead atoms. The van der Waals surface area contributed by atoms with E-state index in [9.17, 15) is 9.59 Å². The number of carbonyl (C=O) groups is 2. The van der Waals surface area contributed by atoms with E-state index in [1.807, 2.05) is 25.1 Å². The summed E-state index contributed by atoms with van der Waals surface area (Å²) < 4.78 is 16.1. The predicted molar refractivity (Wildman–Crippen MR) is 90.3 cm³/mol. The normalized spacial score (nSPS) is 32.6. The van der Waals surface area contributed by atoms with Crippen molar-refractivity contribution in [3.8, 4) is 11.5 Å². The van der Waals surface area contributed by atoms with Crippen molar-refractivity contribution in [2.24, 2.45) is 17.3 Å². The number of Topliss-reactive ketones (excluding diaryl/α,β-unsaturated/α-hetero) is 2. The van der Waals surface area contributed by atoms with Crippen LogP contribution in [0.25, 0.3) is 0 Å². The third-order valence-electron chi connectivity index (χ3n) is 5.85. The van der Waals surface area contributed by atoms with Gasteiger partial charge in [0.25, 0.3) is 0 Å². The SMILES string of the molecule is C=CC[C@@]12C=C(OC)C(=O)[C@H](C1=O)C(c1ccc3c(c1)OCO3)C2C. The van der Waals surface area contributed by atoms with E-state index in [2.05, 4.69) is 6.58 Å². The van der Waals surface area contributed by atoms with Gasteiger partial charge in [0, 0.05) is 5.92 Å². The van der Waals surface area contributed by atoms with Crippen molar-refractivity contribution >= 4 is 11.6 Å². The Bertz CT molecular complexity index is 808. The fourth-order valence-electron chi connectivity index (χ4n) is 4.57. The molecule has 0 N–H and O–H groups in total. The summed E-state index contributed by atoms with van der Waals surface area (Å²) in [5, 5.41) is 0. The number of rotatable bonds is 4. The molecule has 1 aromatic carbocycles. The Labute approximate surface area is 146 Å². The van der Waals surface area contributed by atoms with Crippen molar-refractivity contribution < 1.29 is 23.8 Å². The molecule has 5 nitrogen and oxygen atoms in total. The van der Waals surface area contributed by atoms with Gasteiger partial charge in [0.2, 0.25) is 12.6 Å². The maximum absolute atomic E-state index is 13.2. The van der Waals surface area contributed by atoms with Crippen LogP contribution in [0.2, 0.25) is 0 Å². The summed E-state index contributed by atoms with van der Waals surface area (Å²) >= 11 is 0. The minimum absolute atomic E-state index is 0.0339. The van der Waals surface area contributed by atoms with Gasteiger partial charge in [-0.3, -0.25) is 9.59 Å². The first kappa shape index (κ1) is 15.9. The lowest BCUT2D eigenvalue weighted by atomic mass is 9.71. The summed E-state index contributed by atoms with van der Waals surface area (Å²) in [5.41, 5.74) is 0.173. The topological polar surface area (TPSA) is 61.8 Å². The Morgan fingerprint density at radius 3 is 2.80 bits per heavy atom.